The Bertz CT molecular complexity index is 357. The highest BCUT2D eigenvalue weighted by Crippen LogP contribution is 2.22. The van der Waals surface area contributed by atoms with Gasteiger partial charge >= 0.3 is 0 Å². The van der Waals surface area contributed by atoms with E-state index in [1.165, 1.54) is 0 Å². The molecule has 5 heteroatoms. The second kappa shape index (κ2) is 3.96. The molecule has 1 aromatic rings. The van der Waals surface area contributed by atoms with E-state index in [4.69, 9.17) is 22.7 Å². The second-order valence-corrected chi connectivity index (χ2v) is 3.86. The van der Waals surface area contributed by atoms with Crippen molar-refractivity contribution in [3.05, 3.63) is 11.3 Å². The molecule has 1 heterocycles. The molecule has 78 valence electrons. The highest BCUT2D eigenvalue weighted by atomic mass is 32.1. The minimum atomic E-state index is 0.0814. The summed E-state index contributed by atoms with van der Waals surface area (Å²) in [6.45, 7) is 5.76. The summed E-state index contributed by atoms with van der Waals surface area (Å²) in [7, 11) is 1.81. The molecule has 0 aliphatic heterocycles. The first-order valence-electron chi connectivity index (χ1n) is 4.43. The van der Waals surface area contributed by atoms with Gasteiger partial charge in [0, 0.05) is 7.05 Å². The summed E-state index contributed by atoms with van der Waals surface area (Å²) in [5, 5.41) is 4.21. The van der Waals surface area contributed by atoms with E-state index in [1.807, 2.05) is 27.8 Å². The van der Waals surface area contributed by atoms with Gasteiger partial charge in [0.1, 0.15) is 4.99 Å². The molecule has 14 heavy (non-hydrogen) atoms. The quantitative estimate of drug-likeness (QED) is 0.765. The Morgan fingerprint density at radius 1 is 1.57 bits per heavy atom. The van der Waals surface area contributed by atoms with Gasteiger partial charge in [-0.3, -0.25) is 0 Å². The molecule has 0 saturated heterocycles. The summed E-state index contributed by atoms with van der Waals surface area (Å²) in [4.78, 5) is 0.325. The van der Waals surface area contributed by atoms with Gasteiger partial charge in [-0.1, -0.05) is 12.2 Å². The molecular formula is C9H15N3OS. The van der Waals surface area contributed by atoms with Gasteiger partial charge in [0.15, 0.2) is 0 Å². The summed E-state index contributed by atoms with van der Waals surface area (Å²) in [6, 6.07) is 0. The van der Waals surface area contributed by atoms with Crippen molar-refractivity contribution in [3.8, 4) is 5.88 Å². The van der Waals surface area contributed by atoms with Crippen LogP contribution in [0.5, 0.6) is 5.88 Å². The lowest BCUT2D eigenvalue weighted by Gasteiger charge is -2.11. The Morgan fingerprint density at radius 3 is 2.57 bits per heavy atom. The molecule has 2 N–H and O–H groups in total. The van der Waals surface area contributed by atoms with Crippen LogP contribution in [0.4, 0.5) is 0 Å². The molecule has 0 aliphatic carbocycles. The average Bonchev–Trinajstić information content (AvgIpc) is 2.25. The number of nitrogens with two attached hydrogens (primary N) is 1. The number of rotatable bonds is 3. The summed E-state index contributed by atoms with van der Waals surface area (Å²) in [6.07, 6.45) is 0.0814. The molecule has 1 aromatic heterocycles. The molecule has 0 bridgehead atoms. The molecule has 4 nitrogen and oxygen atoms in total. The highest BCUT2D eigenvalue weighted by Gasteiger charge is 2.17. The van der Waals surface area contributed by atoms with Crippen molar-refractivity contribution >= 4 is 17.2 Å². The van der Waals surface area contributed by atoms with Crippen LogP contribution >= 0.6 is 12.2 Å². The Balaban J connectivity index is 3.18. The van der Waals surface area contributed by atoms with E-state index in [2.05, 4.69) is 5.10 Å². The maximum Gasteiger partial charge on any atom is 0.222 e. The fraction of sp³-hybridized carbons (Fsp3) is 0.556. The van der Waals surface area contributed by atoms with Gasteiger partial charge in [-0.2, -0.15) is 5.10 Å². The Hall–Kier alpha value is -1.10. The summed E-state index contributed by atoms with van der Waals surface area (Å²) < 4.78 is 7.25. The molecule has 0 fully saturated rings. The van der Waals surface area contributed by atoms with Crippen LogP contribution in [-0.4, -0.2) is 20.9 Å². The molecule has 0 unspecified atom stereocenters. The summed E-state index contributed by atoms with van der Waals surface area (Å²) >= 11 is 4.95. The third-order valence-electron chi connectivity index (χ3n) is 1.76. The van der Waals surface area contributed by atoms with Crippen LogP contribution in [0.3, 0.4) is 0 Å². The van der Waals surface area contributed by atoms with Crippen LogP contribution in [-0.2, 0) is 7.05 Å². The zero-order chi connectivity index (χ0) is 10.9. The first kappa shape index (κ1) is 11.0. The molecule has 0 amide bonds. The number of aromatic nitrogens is 2. The fourth-order valence-corrected chi connectivity index (χ4v) is 1.51. The van der Waals surface area contributed by atoms with E-state index in [0.717, 1.165) is 11.3 Å². The average molecular weight is 213 g/mol. The normalized spacial score (nSPS) is 10.6. The lowest BCUT2D eigenvalue weighted by atomic mass is 10.2. The fourth-order valence-electron chi connectivity index (χ4n) is 1.28. The number of thiocarbonyl (C=S) groups is 1. The highest BCUT2D eigenvalue weighted by molar-refractivity contribution is 7.80. The van der Waals surface area contributed by atoms with Crippen molar-refractivity contribution < 1.29 is 4.74 Å². The Kier molecular flexibility index (Phi) is 3.10. The van der Waals surface area contributed by atoms with Gasteiger partial charge in [0.05, 0.1) is 17.4 Å². The van der Waals surface area contributed by atoms with Gasteiger partial charge in [0.2, 0.25) is 5.88 Å². The maximum atomic E-state index is 5.60. The van der Waals surface area contributed by atoms with Crippen molar-refractivity contribution in [2.24, 2.45) is 12.8 Å². The predicted octanol–water partition coefficient (Wildman–Crippen LogP) is 1.15. The van der Waals surface area contributed by atoms with E-state index in [-0.39, 0.29) is 6.10 Å². The van der Waals surface area contributed by atoms with E-state index >= 15 is 0 Å². The number of aryl methyl sites for hydroxylation is 2. The molecule has 0 atom stereocenters. The Morgan fingerprint density at radius 2 is 2.14 bits per heavy atom. The van der Waals surface area contributed by atoms with E-state index in [9.17, 15) is 0 Å². The molecule has 0 spiro atoms. The zero-order valence-electron chi connectivity index (χ0n) is 8.87. The zero-order valence-corrected chi connectivity index (χ0v) is 9.68. The van der Waals surface area contributed by atoms with Crippen molar-refractivity contribution in [2.75, 3.05) is 0 Å². The van der Waals surface area contributed by atoms with Crippen molar-refractivity contribution in [1.29, 1.82) is 0 Å². The standard InChI is InChI=1S/C9H15N3OS/c1-5(2)13-9-7(8(10)14)6(3)11-12(9)4/h5H,1-4H3,(H2,10,14). The summed E-state index contributed by atoms with van der Waals surface area (Å²) in [5.74, 6) is 0.644. The van der Waals surface area contributed by atoms with Crippen LogP contribution in [0.2, 0.25) is 0 Å². The van der Waals surface area contributed by atoms with E-state index in [1.54, 1.807) is 4.68 Å². The van der Waals surface area contributed by atoms with Gasteiger partial charge in [0.25, 0.3) is 0 Å². The second-order valence-electron chi connectivity index (χ2n) is 3.42. The van der Waals surface area contributed by atoms with Crippen LogP contribution in [0.25, 0.3) is 0 Å². The van der Waals surface area contributed by atoms with Gasteiger partial charge in [-0.25, -0.2) is 4.68 Å². The molecule has 0 radical (unpaired) electrons. The maximum absolute atomic E-state index is 5.60. The SMILES string of the molecule is Cc1nn(C)c(OC(C)C)c1C(N)=S. The van der Waals surface area contributed by atoms with Crippen molar-refractivity contribution in [2.45, 2.75) is 26.9 Å². The van der Waals surface area contributed by atoms with Crippen molar-refractivity contribution in [1.82, 2.24) is 9.78 Å². The minimum Gasteiger partial charge on any atom is -0.475 e. The first-order chi connectivity index (χ1) is 6.43. The lowest BCUT2D eigenvalue weighted by molar-refractivity contribution is 0.221. The third kappa shape index (κ3) is 2.04. The molecule has 0 saturated carbocycles. The number of hydrogen-bond donors (Lipinski definition) is 1. The van der Waals surface area contributed by atoms with Gasteiger partial charge in [-0.05, 0) is 20.8 Å². The number of hydrogen-bond acceptors (Lipinski definition) is 3. The van der Waals surface area contributed by atoms with Crippen LogP contribution in [0.1, 0.15) is 25.1 Å². The number of ether oxygens (including phenoxy) is 1. The van der Waals surface area contributed by atoms with E-state index < -0.39 is 0 Å². The lowest BCUT2D eigenvalue weighted by Crippen LogP contribution is -2.15. The predicted molar refractivity (Wildman–Crippen MR) is 59.6 cm³/mol. The first-order valence-corrected chi connectivity index (χ1v) is 4.84. The largest absolute Gasteiger partial charge is 0.475 e. The van der Waals surface area contributed by atoms with E-state index in [0.29, 0.717) is 10.9 Å². The number of nitrogens with zero attached hydrogens (tertiary/aromatic N) is 2. The minimum absolute atomic E-state index is 0.0814. The third-order valence-corrected chi connectivity index (χ3v) is 1.97. The summed E-state index contributed by atoms with van der Waals surface area (Å²) in [5.41, 5.74) is 7.14. The van der Waals surface area contributed by atoms with Crippen LogP contribution in [0, 0.1) is 6.92 Å². The monoisotopic (exact) mass is 213 g/mol. The molecule has 1 rings (SSSR count). The smallest absolute Gasteiger partial charge is 0.222 e. The molecule has 0 aliphatic rings. The van der Waals surface area contributed by atoms with Gasteiger partial charge < -0.3 is 10.5 Å². The topological polar surface area (TPSA) is 53.1 Å². The van der Waals surface area contributed by atoms with Crippen LogP contribution in [0.15, 0.2) is 0 Å². The van der Waals surface area contributed by atoms with Crippen molar-refractivity contribution in [3.63, 3.8) is 0 Å². The molecular weight excluding hydrogens is 198 g/mol. The Labute approximate surface area is 89.0 Å². The van der Waals surface area contributed by atoms with Crippen LogP contribution < -0.4 is 10.5 Å². The van der Waals surface area contributed by atoms with Gasteiger partial charge in [-0.15, -0.1) is 0 Å². The molecule has 0 aromatic carbocycles.